The van der Waals surface area contributed by atoms with E-state index in [2.05, 4.69) is 9.88 Å². The van der Waals surface area contributed by atoms with E-state index < -0.39 is 5.60 Å². The van der Waals surface area contributed by atoms with Crippen LogP contribution in [0.5, 0.6) is 0 Å². The number of ether oxygens (including phenoxy) is 1. The molecule has 0 aromatic carbocycles. The van der Waals surface area contributed by atoms with Crippen molar-refractivity contribution in [3.63, 3.8) is 0 Å². The van der Waals surface area contributed by atoms with Crippen molar-refractivity contribution in [3.05, 3.63) is 11.6 Å². The maximum Gasteiger partial charge on any atom is 0.225 e. The molecule has 1 atom stereocenters. The summed E-state index contributed by atoms with van der Waals surface area (Å²) < 4.78 is 5.93. The topological polar surface area (TPSA) is 65.9 Å². The molecule has 3 heterocycles. The summed E-state index contributed by atoms with van der Waals surface area (Å²) in [7, 11) is 0. The van der Waals surface area contributed by atoms with Gasteiger partial charge in [0.25, 0.3) is 0 Å². The summed E-state index contributed by atoms with van der Waals surface area (Å²) in [5, 5.41) is 13.4. The molecule has 1 N–H and O–H groups in total. The normalized spacial score (nSPS) is 29.3. The maximum atomic E-state index is 12.7. The Bertz CT molecular complexity index is 605. The molecule has 3 aliphatic rings. The van der Waals surface area contributed by atoms with E-state index in [-0.39, 0.29) is 17.7 Å². The van der Waals surface area contributed by atoms with Crippen LogP contribution >= 0.6 is 11.3 Å². The number of amides is 1. The highest BCUT2D eigenvalue weighted by atomic mass is 32.1. The van der Waals surface area contributed by atoms with Crippen LogP contribution in [0.15, 0.2) is 11.6 Å². The molecule has 1 saturated carbocycles. The first kappa shape index (κ1) is 17.2. The van der Waals surface area contributed by atoms with E-state index in [0.29, 0.717) is 13.2 Å². The summed E-state index contributed by atoms with van der Waals surface area (Å²) in [6.07, 6.45) is 6.75. The molecule has 0 bridgehead atoms. The van der Waals surface area contributed by atoms with Crippen molar-refractivity contribution in [2.45, 2.75) is 44.1 Å². The second kappa shape index (κ2) is 6.85. The van der Waals surface area contributed by atoms with Crippen LogP contribution in [0.1, 0.15) is 38.5 Å². The molecule has 1 unspecified atom stereocenters. The van der Waals surface area contributed by atoms with Gasteiger partial charge >= 0.3 is 0 Å². The van der Waals surface area contributed by atoms with Gasteiger partial charge in [-0.1, -0.05) is 0 Å². The van der Waals surface area contributed by atoms with Crippen molar-refractivity contribution in [1.29, 1.82) is 0 Å². The van der Waals surface area contributed by atoms with Crippen LogP contribution in [-0.2, 0) is 9.53 Å². The molecule has 1 amide bonds. The third kappa shape index (κ3) is 3.68. The highest BCUT2D eigenvalue weighted by molar-refractivity contribution is 7.13. The summed E-state index contributed by atoms with van der Waals surface area (Å²) >= 11 is 1.66. The molecule has 25 heavy (non-hydrogen) atoms. The number of aliphatic hydroxyl groups is 1. The van der Waals surface area contributed by atoms with Crippen molar-refractivity contribution < 1.29 is 14.6 Å². The Morgan fingerprint density at radius 1 is 1.28 bits per heavy atom. The lowest BCUT2D eigenvalue weighted by molar-refractivity contribution is -0.144. The van der Waals surface area contributed by atoms with Gasteiger partial charge in [0.05, 0.1) is 25.2 Å². The van der Waals surface area contributed by atoms with Gasteiger partial charge in [-0.2, -0.15) is 0 Å². The minimum absolute atomic E-state index is 0.0295. The number of anilines is 1. The first-order valence-electron chi connectivity index (χ1n) is 9.30. The number of rotatable bonds is 3. The van der Waals surface area contributed by atoms with Gasteiger partial charge in [0.1, 0.15) is 0 Å². The van der Waals surface area contributed by atoms with Crippen LogP contribution in [0.25, 0.3) is 0 Å². The highest BCUT2D eigenvalue weighted by Gasteiger charge is 2.43. The Morgan fingerprint density at radius 3 is 2.88 bits per heavy atom. The molecule has 1 aromatic heterocycles. The van der Waals surface area contributed by atoms with E-state index in [4.69, 9.17) is 4.74 Å². The van der Waals surface area contributed by atoms with E-state index in [1.54, 1.807) is 11.3 Å². The Morgan fingerprint density at radius 2 is 2.16 bits per heavy atom. The summed E-state index contributed by atoms with van der Waals surface area (Å²) in [5.74, 6) is 0.103. The van der Waals surface area contributed by atoms with Gasteiger partial charge in [-0.25, -0.2) is 4.98 Å². The zero-order valence-electron chi connectivity index (χ0n) is 14.7. The number of piperidine rings is 1. The highest BCUT2D eigenvalue weighted by Crippen LogP contribution is 2.38. The number of hydrogen-bond donors (Lipinski definition) is 1. The fraction of sp³-hybridized carbons (Fsp3) is 0.778. The predicted octanol–water partition coefficient (Wildman–Crippen LogP) is 1.89. The molecule has 0 radical (unpaired) electrons. The maximum absolute atomic E-state index is 12.7. The zero-order valence-corrected chi connectivity index (χ0v) is 15.5. The fourth-order valence-electron chi connectivity index (χ4n) is 4.35. The Kier molecular flexibility index (Phi) is 4.73. The van der Waals surface area contributed by atoms with E-state index in [9.17, 15) is 9.90 Å². The molecule has 2 saturated heterocycles. The average molecular weight is 365 g/mol. The number of aromatic nitrogens is 1. The van der Waals surface area contributed by atoms with Crippen LogP contribution in [0.4, 0.5) is 5.13 Å². The number of nitrogens with zero attached hydrogens (tertiary/aromatic N) is 3. The van der Waals surface area contributed by atoms with Gasteiger partial charge < -0.3 is 19.6 Å². The Balaban J connectivity index is 1.45. The Hall–Kier alpha value is -1.18. The second-order valence-electron chi connectivity index (χ2n) is 7.96. The molecular weight excluding hydrogens is 338 g/mol. The average Bonchev–Trinajstić information content (AvgIpc) is 3.04. The molecule has 1 aromatic rings. The van der Waals surface area contributed by atoms with Crippen LogP contribution in [0.2, 0.25) is 0 Å². The van der Waals surface area contributed by atoms with Crippen molar-refractivity contribution >= 4 is 22.4 Å². The smallest absolute Gasteiger partial charge is 0.225 e. The van der Waals surface area contributed by atoms with Gasteiger partial charge in [-0.05, 0) is 32.1 Å². The number of carbonyl (C=O) groups is 1. The Labute approximate surface area is 152 Å². The lowest BCUT2D eigenvalue weighted by atomic mass is 9.76. The number of likely N-dealkylation sites (tertiary alicyclic amines) is 1. The van der Waals surface area contributed by atoms with Crippen LogP contribution in [0, 0.1) is 5.41 Å². The first-order valence-corrected chi connectivity index (χ1v) is 10.2. The quantitative estimate of drug-likeness (QED) is 0.886. The molecule has 1 aliphatic carbocycles. The molecule has 138 valence electrons. The number of hydrogen-bond acceptors (Lipinski definition) is 6. The molecular formula is C18H27N3O3S. The molecule has 7 heteroatoms. The van der Waals surface area contributed by atoms with Crippen LogP contribution < -0.4 is 4.90 Å². The molecule has 6 nitrogen and oxygen atoms in total. The van der Waals surface area contributed by atoms with Crippen LogP contribution in [-0.4, -0.2) is 65.9 Å². The molecule has 1 spiro atoms. The van der Waals surface area contributed by atoms with Crippen molar-refractivity contribution in [2.75, 3.05) is 44.3 Å². The fourth-order valence-corrected chi connectivity index (χ4v) is 5.02. The van der Waals surface area contributed by atoms with Crippen molar-refractivity contribution in [2.24, 2.45) is 5.41 Å². The van der Waals surface area contributed by atoms with Gasteiger partial charge in [0, 0.05) is 43.2 Å². The second-order valence-corrected chi connectivity index (χ2v) is 8.84. The standard InChI is InChI=1S/C18H27N3O3S/c22-15(11-18(23)4-1-5-18)20-7-2-3-17(12-20)13-21(8-9-24-14-17)16-19-6-10-25-16/h6,10,23H,1-5,7-9,11-14H2. The third-order valence-corrected chi connectivity index (χ3v) is 6.74. The first-order chi connectivity index (χ1) is 12.1. The summed E-state index contributed by atoms with van der Waals surface area (Å²) in [6.45, 7) is 4.66. The lowest BCUT2D eigenvalue weighted by Crippen LogP contribution is -2.53. The van der Waals surface area contributed by atoms with Gasteiger partial charge in [0.2, 0.25) is 5.91 Å². The number of carbonyl (C=O) groups excluding carboxylic acids is 1. The van der Waals surface area contributed by atoms with Gasteiger partial charge in [-0.3, -0.25) is 4.79 Å². The number of thiazole rings is 1. The van der Waals surface area contributed by atoms with Gasteiger partial charge in [0.15, 0.2) is 5.13 Å². The molecule has 4 rings (SSSR count). The molecule has 3 fully saturated rings. The summed E-state index contributed by atoms with van der Waals surface area (Å²) in [4.78, 5) is 21.5. The minimum atomic E-state index is -0.741. The largest absolute Gasteiger partial charge is 0.389 e. The summed E-state index contributed by atoms with van der Waals surface area (Å²) in [5.41, 5.74) is -0.771. The predicted molar refractivity (Wildman–Crippen MR) is 96.8 cm³/mol. The van der Waals surface area contributed by atoms with Crippen LogP contribution in [0.3, 0.4) is 0 Å². The van der Waals surface area contributed by atoms with Gasteiger partial charge in [-0.15, -0.1) is 11.3 Å². The van der Waals surface area contributed by atoms with E-state index >= 15 is 0 Å². The summed E-state index contributed by atoms with van der Waals surface area (Å²) in [6, 6.07) is 0. The lowest BCUT2D eigenvalue weighted by Gasteiger charge is -2.45. The minimum Gasteiger partial charge on any atom is -0.389 e. The van der Waals surface area contributed by atoms with E-state index in [1.807, 2.05) is 16.5 Å². The van der Waals surface area contributed by atoms with Crippen molar-refractivity contribution in [1.82, 2.24) is 9.88 Å². The SMILES string of the molecule is O=C(CC1(O)CCC1)N1CCCC2(COCCN(c3nccs3)C2)C1. The van der Waals surface area contributed by atoms with Crippen molar-refractivity contribution in [3.8, 4) is 0 Å². The zero-order chi connectivity index (χ0) is 17.3. The monoisotopic (exact) mass is 365 g/mol. The third-order valence-electron chi connectivity index (χ3n) is 5.91. The molecule has 2 aliphatic heterocycles. The van der Waals surface area contributed by atoms with E-state index in [0.717, 1.165) is 63.4 Å². The van der Waals surface area contributed by atoms with E-state index in [1.165, 1.54) is 0 Å².